The van der Waals surface area contributed by atoms with E-state index < -0.39 is 0 Å². The highest BCUT2D eigenvalue weighted by Crippen LogP contribution is 2.34. The van der Waals surface area contributed by atoms with Crippen molar-refractivity contribution in [1.29, 1.82) is 0 Å². The second kappa shape index (κ2) is 9.74. The molecule has 2 fully saturated rings. The largest absolute Gasteiger partial charge is 0.497 e. The van der Waals surface area contributed by atoms with Gasteiger partial charge in [-0.2, -0.15) is 0 Å². The first-order valence-corrected chi connectivity index (χ1v) is 11.7. The molecule has 1 aliphatic heterocycles. The minimum Gasteiger partial charge on any atom is -0.497 e. The number of methoxy groups -OCH3 is 1. The molecule has 5 rings (SSSR count). The van der Waals surface area contributed by atoms with Crippen molar-refractivity contribution < 1.29 is 13.9 Å². The molecule has 2 aromatic heterocycles. The SMILES string of the molecule is COc1ccc(C(c2nnnn2C2CCCCC2)N2CCN(C(=O)c3ccco3)CC2)cc1. The van der Waals surface area contributed by atoms with Gasteiger partial charge in [-0.1, -0.05) is 31.4 Å². The number of carbonyl (C=O) groups is 1. The fourth-order valence-electron chi connectivity index (χ4n) is 5.01. The number of carbonyl (C=O) groups excluding carboxylic acids is 1. The lowest BCUT2D eigenvalue weighted by Crippen LogP contribution is -2.50. The van der Waals surface area contributed by atoms with Gasteiger partial charge in [0.25, 0.3) is 5.91 Å². The molecule has 1 aromatic carbocycles. The monoisotopic (exact) mass is 450 g/mol. The van der Waals surface area contributed by atoms with Crippen LogP contribution in [-0.4, -0.2) is 69.2 Å². The molecule has 1 saturated carbocycles. The molecule has 9 heteroatoms. The number of piperazine rings is 1. The van der Waals surface area contributed by atoms with Gasteiger partial charge in [-0.3, -0.25) is 9.69 Å². The number of tetrazole rings is 1. The predicted molar refractivity (Wildman–Crippen MR) is 121 cm³/mol. The van der Waals surface area contributed by atoms with Gasteiger partial charge < -0.3 is 14.1 Å². The molecule has 1 atom stereocenters. The second-order valence-corrected chi connectivity index (χ2v) is 8.75. The third-order valence-corrected chi connectivity index (χ3v) is 6.81. The average Bonchev–Trinajstić information content (AvgIpc) is 3.58. The van der Waals surface area contributed by atoms with E-state index in [0.717, 1.165) is 43.1 Å². The summed E-state index contributed by atoms with van der Waals surface area (Å²) in [5.74, 6) is 2.01. The zero-order valence-electron chi connectivity index (χ0n) is 19.0. The summed E-state index contributed by atoms with van der Waals surface area (Å²) in [6.45, 7) is 2.69. The van der Waals surface area contributed by atoms with Crippen molar-refractivity contribution in [3.63, 3.8) is 0 Å². The summed E-state index contributed by atoms with van der Waals surface area (Å²) in [6.07, 6.45) is 7.46. The van der Waals surface area contributed by atoms with Crippen LogP contribution in [0.4, 0.5) is 0 Å². The highest BCUT2D eigenvalue weighted by molar-refractivity contribution is 5.91. The number of benzene rings is 1. The zero-order valence-corrected chi connectivity index (χ0v) is 19.0. The smallest absolute Gasteiger partial charge is 0.289 e. The number of nitrogens with zero attached hydrogens (tertiary/aromatic N) is 6. The van der Waals surface area contributed by atoms with Crippen LogP contribution in [0.5, 0.6) is 5.75 Å². The molecule has 9 nitrogen and oxygen atoms in total. The number of amides is 1. The highest BCUT2D eigenvalue weighted by atomic mass is 16.5. The Hall–Kier alpha value is -3.20. The molecular formula is C24H30N6O3. The van der Waals surface area contributed by atoms with Gasteiger partial charge in [0.15, 0.2) is 11.6 Å². The maximum atomic E-state index is 12.7. The van der Waals surface area contributed by atoms with Crippen molar-refractivity contribution in [1.82, 2.24) is 30.0 Å². The molecule has 1 unspecified atom stereocenters. The van der Waals surface area contributed by atoms with Crippen LogP contribution >= 0.6 is 0 Å². The molecule has 0 radical (unpaired) electrons. The van der Waals surface area contributed by atoms with Crippen LogP contribution in [0.1, 0.15) is 66.1 Å². The van der Waals surface area contributed by atoms with E-state index >= 15 is 0 Å². The molecule has 0 spiro atoms. The molecule has 0 N–H and O–H groups in total. The number of rotatable bonds is 6. The first kappa shape index (κ1) is 21.6. The highest BCUT2D eigenvalue weighted by Gasteiger charge is 2.34. The van der Waals surface area contributed by atoms with Gasteiger partial charge in [-0.05, 0) is 53.1 Å². The summed E-state index contributed by atoms with van der Waals surface area (Å²) >= 11 is 0. The molecule has 2 aliphatic rings. The van der Waals surface area contributed by atoms with E-state index in [-0.39, 0.29) is 11.9 Å². The predicted octanol–water partition coefficient (Wildman–Crippen LogP) is 3.33. The summed E-state index contributed by atoms with van der Waals surface area (Å²) in [6, 6.07) is 11.8. The number of hydrogen-bond donors (Lipinski definition) is 0. The van der Waals surface area contributed by atoms with Crippen LogP contribution in [0.15, 0.2) is 47.1 Å². The lowest BCUT2D eigenvalue weighted by atomic mass is 9.95. The van der Waals surface area contributed by atoms with Crippen molar-refractivity contribution in [2.24, 2.45) is 0 Å². The Kier molecular flexibility index (Phi) is 6.39. The zero-order chi connectivity index (χ0) is 22.6. The van der Waals surface area contributed by atoms with Crippen molar-refractivity contribution in [3.05, 3.63) is 59.8 Å². The molecule has 3 heterocycles. The Morgan fingerprint density at radius 3 is 2.48 bits per heavy atom. The van der Waals surface area contributed by atoms with Crippen LogP contribution in [0.2, 0.25) is 0 Å². The minimum atomic E-state index is -0.0892. The van der Waals surface area contributed by atoms with Gasteiger partial charge in [0.2, 0.25) is 0 Å². The van der Waals surface area contributed by atoms with Crippen LogP contribution in [0.25, 0.3) is 0 Å². The first-order chi connectivity index (χ1) is 16.2. The van der Waals surface area contributed by atoms with Crippen LogP contribution in [0, 0.1) is 0 Å². The number of hydrogen-bond acceptors (Lipinski definition) is 7. The molecule has 3 aromatic rings. The van der Waals surface area contributed by atoms with Gasteiger partial charge in [0.1, 0.15) is 5.75 Å². The Labute approximate surface area is 193 Å². The van der Waals surface area contributed by atoms with Crippen molar-refractivity contribution in [3.8, 4) is 5.75 Å². The average molecular weight is 451 g/mol. The van der Waals surface area contributed by atoms with Crippen molar-refractivity contribution in [2.75, 3.05) is 33.3 Å². The fraction of sp³-hybridized carbons (Fsp3) is 0.500. The lowest BCUT2D eigenvalue weighted by molar-refractivity contribution is 0.0557. The summed E-state index contributed by atoms with van der Waals surface area (Å²) < 4.78 is 12.7. The topological polar surface area (TPSA) is 89.5 Å². The molecule has 33 heavy (non-hydrogen) atoms. The summed E-state index contributed by atoms with van der Waals surface area (Å²) in [7, 11) is 1.67. The summed E-state index contributed by atoms with van der Waals surface area (Å²) in [5.41, 5.74) is 1.12. The maximum absolute atomic E-state index is 12.7. The van der Waals surface area contributed by atoms with Gasteiger partial charge in [-0.25, -0.2) is 4.68 Å². The quantitative estimate of drug-likeness (QED) is 0.569. The normalized spacial score (nSPS) is 18.9. The molecule has 1 aliphatic carbocycles. The van der Waals surface area contributed by atoms with Crippen LogP contribution in [0.3, 0.4) is 0 Å². The fourth-order valence-corrected chi connectivity index (χ4v) is 5.01. The molecule has 0 bridgehead atoms. The second-order valence-electron chi connectivity index (χ2n) is 8.75. The third kappa shape index (κ3) is 4.50. The Morgan fingerprint density at radius 1 is 1.06 bits per heavy atom. The molecule has 1 saturated heterocycles. The van der Waals surface area contributed by atoms with Gasteiger partial charge in [0.05, 0.1) is 25.5 Å². The van der Waals surface area contributed by atoms with E-state index in [1.54, 1.807) is 19.2 Å². The van der Waals surface area contributed by atoms with Gasteiger partial charge in [-0.15, -0.1) is 5.10 Å². The van der Waals surface area contributed by atoms with E-state index in [0.29, 0.717) is 24.9 Å². The Morgan fingerprint density at radius 2 is 1.82 bits per heavy atom. The molecule has 174 valence electrons. The van der Waals surface area contributed by atoms with E-state index in [9.17, 15) is 4.79 Å². The van der Waals surface area contributed by atoms with Crippen molar-refractivity contribution in [2.45, 2.75) is 44.2 Å². The summed E-state index contributed by atoms with van der Waals surface area (Å²) in [5, 5.41) is 13.0. The van der Waals surface area contributed by atoms with E-state index in [2.05, 4.69) is 37.2 Å². The minimum absolute atomic E-state index is 0.0623. The van der Waals surface area contributed by atoms with Crippen LogP contribution < -0.4 is 4.74 Å². The first-order valence-electron chi connectivity index (χ1n) is 11.7. The van der Waals surface area contributed by atoms with E-state index in [1.165, 1.54) is 25.5 Å². The van der Waals surface area contributed by atoms with E-state index in [1.807, 2.05) is 17.0 Å². The Balaban J connectivity index is 1.41. The number of aromatic nitrogens is 4. The molecular weight excluding hydrogens is 420 g/mol. The third-order valence-electron chi connectivity index (χ3n) is 6.81. The number of ether oxygens (including phenoxy) is 1. The summed E-state index contributed by atoms with van der Waals surface area (Å²) in [4.78, 5) is 17.0. The van der Waals surface area contributed by atoms with Crippen molar-refractivity contribution >= 4 is 5.91 Å². The van der Waals surface area contributed by atoms with Gasteiger partial charge in [0, 0.05) is 26.2 Å². The number of furan rings is 1. The molecule has 1 amide bonds. The van der Waals surface area contributed by atoms with Gasteiger partial charge >= 0.3 is 0 Å². The standard InChI is InChI=1S/C24H30N6O3/c1-32-20-11-9-18(10-12-20)22(23-25-26-27-30(23)19-6-3-2-4-7-19)28-13-15-29(16-14-28)24(31)21-8-5-17-33-21/h5,8-12,17,19,22H,2-4,6-7,13-16H2,1H3. The van der Waals surface area contributed by atoms with E-state index in [4.69, 9.17) is 9.15 Å². The van der Waals surface area contributed by atoms with Crippen LogP contribution in [-0.2, 0) is 0 Å². The Bertz CT molecular complexity index is 1030. The maximum Gasteiger partial charge on any atom is 0.289 e. The lowest BCUT2D eigenvalue weighted by Gasteiger charge is -2.39.